The molecule has 26 heavy (non-hydrogen) atoms. The van der Waals surface area contributed by atoms with Gasteiger partial charge >= 0.3 is 6.61 Å². The fourth-order valence-electron chi connectivity index (χ4n) is 2.79. The molecule has 1 aromatic carbocycles. The summed E-state index contributed by atoms with van der Waals surface area (Å²) in [6.45, 7) is 4.08. The zero-order valence-corrected chi connectivity index (χ0v) is 15.5. The molecule has 8 heteroatoms. The van der Waals surface area contributed by atoms with Crippen molar-refractivity contribution in [2.75, 3.05) is 14.2 Å². The van der Waals surface area contributed by atoms with Gasteiger partial charge in [-0.1, -0.05) is 0 Å². The van der Waals surface area contributed by atoms with Crippen molar-refractivity contribution < 1.29 is 23.0 Å². The number of rotatable bonds is 7. The van der Waals surface area contributed by atoms with Crippen LogP contribution >= 0.6 is 0 Å². The van der Waals surface area contributed by atoms with Crippen LogP contribution in [0.15, 0.2) is 18.2 Å². The first kappa shape index (κ1) is 19.7. The maximum atomic E-state index is 12.7. The van der Waals surface area contributed by atoms with Crippen LogP contribution in [0.5, 0.6) is 11.5 Å². The molecule has 0 saturated heterocycles. The van der Waals surface area contributed by atoms with E-state index in [1.165, 1.54) is 25.3 Å². The first-order valence-corrected chi connectivity index (χ1v) is 8.19. The average Bonchev–Trinajstić information content (AvgIpc) is 2.88. The Morgan fingerprint density at radius 1 is 1.31 bits per heavy atom. The van der Waals surface area contributed by atoms with Crippen LogP contribution in [0.3, 0.4) is 0 Å². The second kappa shape index (κ2) is 8.16. The van der Waals surface area contributed by atoms with E-state index in [-0.39, 0.29) is 17.4 Å². The summed E-state index contributed by atoms with van der Waals surface area (Å²) in [5.74, 6) is -0.289. The Bertz CT molecular complexity index is 790. The van der Waals surface area contributed by atoms with E-state index in [0.29, 0.717) is 12.1 Å². The summed E-state index contributed by atoms with van der Waals surface area (Å²) in [6, 6.07) is 4.14. The Balaban J connectivity index is 2.21. The summed E-state index contributed by atoms with van der Waals surface area (Å²) in [5.41, 5.74) is 3.21. The molecule has 2 rings (SSSR count). The number of ether oxygens (including phenoxy) is 2. The van der Waals surface area contributed by atoms with Crippen LogP contribution < -0.4 is 9.47 Å². The number of methoxy groups -OCH3 is 1. The van der Waals surface area contributed by atoms with E-state index in [9.17, 15) is 13.6 Å². The van der Waals surface area contributed by atoms with Crippen LogP contribution in [0.25, 0.3) is 0 Å². The Morgan fingerprint density at radius 3 is 2.54 bits per heavy atom. The largest absolute Gasteiger partial charge is 0.493 e. The number of alkyl halides is 2. The monoisotopic (exact) mass is 367 g/mol. The summed E-state index contributed by atoms with van der Waals surface area (Å²) >= 11 is 0. The third-order valence-electron chi connectivity index (χ3n) is 4.20. The van der Waals surface area contributed by atoms with Crippen molar-refractivity contribution in [1.29, 1.82) is 0 Å². The number of carbonyl (C=O) groups is 1. The highest BCUT2D eigenvalue weighted by molar-refractivity contribution is 5.94. The first-order chi connectivity index (χ1) is 12.3. The van der Waals surface area contributed by atoms with Gasteiger partial charge in [0.15, 0.2) is 11.5 Å². The molecule has 0 atom stereocenters. The van der Waals surface area contributed by atoms with Crippen LogP contribution in [0.1, 0.15) is 34.2 Å². The molecule has 142 valence electrons. The Morgan fingerprint density at radius 2 is 2.00 bits per heavy atom. The lowest BCUT2D eigenvalue weighted by molar-refractivity contribution is -0.0512. The summed E-state index contributed by atoms with van der Waals surface area (Å²) in [5, 5.41) is 4.45. The van der Waals surface area contributed by atoms with Crippen molar-refractivity contribution in [3.63, 3.8) is 0 Å². The van der Waals surface area contributed by atoms with Gasteiger partial charge in [-0.2, -0.15) is 13.9 Å². The van der Waals surface area contributed by atoms with E-state index >= 15 is 0 Å². The molecule has 0 unspecified atom stereocenters. The van der Waals surface area contributed by atoms with Crippen LogP contribution in [-0.4, -0.2) is 41.4 Å². The molecule has 0 bridgehead atoms. The predicted octanol–water partition coefficient (Wildman–Crippen LogP) is 3.40. The molecule has 0 aliphatic heterocycles. The average molecular weight is 367 g/mol. The summed E-state index contributed by atoms with van der Waals surface area (Å²) in [7, 11) is 3.01. The fraction of sp³-hybridized carbons (Fsp3) is 0.444. The molecule has 0 N–H and O–H groups in total. The predicted molar refractivity (Wildman–Crippen MR) is 92.8 cm³/mol. The summed E-state index contributed by atoms with van der Waals surface area (Å²) in [4.78, 5) is 14.3. The molecule has 0 spiro atoms. The number of aryl methyl sites for hydroxylation is 2. The number of nitrogens with zero attached hydrogens (tertiary/aromatic N) is 3. The second-order valence-corrected chi connectivity index (χ2v) is 5.87. The number of amides is 1. The normalized spacial score (nSPS) is 10.9. The quantitative estimate of drug-likeness (QED) is 0.753. The van der Waals surface area contributed by atoms with Crippen LogP contribution in [-0.2, 0) is 13.1 Å². The Kier molecular flexibility index (Phi) is 6.18. The molecule has 1 amide bonds. The van der Waals surface area contributed by atoms with Gasteiger partial charge < -0.3 is 14.4 Å². The number of hydrogen-bond donors (Lipinski definition) is 0. The maximum Gasteiger partial charge on any atom is 0.387 e. The van der Waals surface area contributed by atoms with E-state index in [2.05, 4.69) is 9.84 Å². The lowest BCUT2D eigenvalue weighted by atomic mass is 10.1. The van der Waals surface area contributed by atoms with Crippen LogP contribution in [0.2, 0.25) is 0 Å². The van der Waals surface area contributed by atoms with Gasteiger partial charge in [-0.3, -0.25) is 9.48 Å². The first-order valence-electron chi connectivity index (χ1n) is 8.19. The zero-order chi connectivity index (χ0) is 19.4. The molecular formula is C18H23F2N3O3. The van der Waals surface area contributed by atoms with Gasteiger partial charge in [0, 0.05) is 37.0 Å². The minimum absolute atomic E-state index is 0.0794. The van der Waals surface area contributed by atoms with Gasteiger partial charge in [-0.05, 0) is 39.0 Å². The molecule has 0 radical (unpaired) electrons. The van der Waals surface area contributed by atoms with E-state index < -0.39 is 6.61 Å². The highest BCUT2D eigenvalue weighted by Gasteiger charge is 2.19. The number of hydrogen-bond acceptors (Lipinski definition) is 4. The van der Waals surface area contributed by atoms with Crippen LogP contribution in [0.4, 0.5) is 8.78 Å². The van der Waals surface area contributed by atoms with Crippen molar-refractivity contribution in [3.05, 3.63) is 40.7 Å². The summed E-state index contributed by atoms with van der Waals surface area (Å²) in [6.07, 6.45) is 0. The number of benzene rings is 1. The van der Waals surface area contributed by atoms with Crippen LogP contribution in [0, 0.1) is 13.8 Å². The topological polar surface area (TPSA) is 56.6 Å². The molecular weight excluding hydrogens is 344 g/mol. The molecule has 1 heterocycles. The van der Waals surface area contributed by atoms with Crippen molar-refractivity contribution in [1.82, 2.24) is 14.7 Å². The smallest absolute Gasteiger partial charge is 0.387 e. The van der Waals surface area contributed by atoms with E-state index in [0.717, 1.165) is 23.5 Å². The maximum absolute atomic E-state index is 12.7. The van der Waals surface area contributed by atoms with Gasteiger partial charge in [0.05, 0.1) is 12.8 Å². The lowest BCUT2D eigenvalue weighted by Gasteiger charge is -2.19. The minimum atomic E-state index is -2.96. The molecule has 0 saturated carbocycles. The molecule has 0 aliphatic rings. The third kappa shape index (κ3) is 4.12. The third-order valence-corrected chi connectivity index (χ3v) is 4.20. The van der Waals surface area contributed by atoms with Crippen molar-refractivity contribution in [3.8, 4) is 11.5 Å². The molecule has 6 nitrogen and oxygen atoms in total. The van der Waals surface area contributed by atoms with E-state index in [1.54, 1.807) is 11.9 Å². The van der Waals surface area contributed by atoms with Crippen molar-refractivity contribution in [2.45, 2.75) is 40.5 Å². The van der Waals surface area contributed by atoms with E-state index in [4.69, 9.17) is 4.74 Å². The lowest BCUT2D eigenvalue weighted by Crippen LogP contribution is -2.26. The number of halogens is 2. The van der Waals surface area contributed by atoms with Gasteiger partial charge in [0.1, 0.15) is 0 Å². The Labute approximate surface area is 151 Å². The highest BCUT2D eigenvalue weighted by Crippen LogP contribution is 2.30. The van der Waals surface area contributed by atoms with Gasteiger partial charge in [-0.15, -0.1) is 0 Å². The van der Waals surface area contributed by atoms with Gasteiger partial charge in [-0.25, -0.2) is 0 Å². The fourth-order valence-corrected chi connectivity index (χ4v) is 2.79. The van der Waals surface area contributed by atoms with Gasteiger partial charge in [0.2, 0.25) is 0 Å². The van der Waals surface area contributed by atoms with Crippen molar-refractivity contribution in [2.24, 2.45) is 0 Å². The van der Waals surface area contributed by atoms with E-state index in [1.807, 2.05) is 25.5 Å². The number of aromatic nitrogens is 2. The molecule has 1 aromatic heterocycles. The molecule has 0 aliphatic carbocycles. The highest BCUT2D eigenvalue weighted by atomic mass is 19.3. The van der Waals surface area contributed by atoms with Crippen molar-refractivity contribution >= 4 is 5.91 Å². The second-order valence-electron chi connectivity index (χ2n) is 5.87. The zero-order valence-electron chi connectivity index (χ0n) is 15.5. The summed E-state index contributed by atoms with van der Waals surface area (Å²) < 4.78 is 36.1. The molecule has 0 fully saturated rings. The molecule has 2 aromatic rings. The minimum Gasteiger partial charge on any atom is -0.493 e. The van der Waals surface area contributed by atoms with Gasteiger partial charge in [0.25, 0.3) is 5.91 Å². The number of carbonyl (C=O) groups excluding carboxylic acids is 1. The SMILES string of the molecule is CCn1nc(C)c(CN(C)C(=O)c2ccc(OC(F)F)c(OC)c2)c1C. The standard InChI is InChI=1S/C18H23F2N3O3/c1-6-23-12(3)14(11(2)21-23)10-22(4)17(24)13-7-8-15(26-18(19)20)16(9-13)25-5/h7-9,18H,6,10H2,1-5H3. The Hall–Kier alpha value is -2.64.